The van der Waals surface area contributed by atoms with Crippen molar-refractivity contribution in [3.05, 3.63) is 200 Å². The number of para-hydroxylation sites is 3. The predicted molar refractivity (Wildman–Crippen MR) is 245 cm³/mol. The summed E-state index contributed by atoms with van der Waals surface area (Å²) in [5.41, 5.74) is 13.6. The maximum atomic E-state index is 7.01. The van der Waals surface area contributed by atoms with Gasteiger partial charge in [0, 0.05) is 48.3 Å². The molecule has 272 valence electrons. The van der Waals surface area contributed by atoms with Gasteiger partial charge in [-0.2, -0.15) is 0 Å². The summed E-state index contributed by atoms with van der Waals surface area (Å²) in [5, 5.41) is 7.01. The summed E-state index contributed by atoms with van der Waals surface area (Å²) in [7, 11) is 0. The number of hydrogen-bond acceptors (Lipinski definition) is 4. The van der Waals surface area contributed by atoms with Crippen LogP contribution in [0.1, 0.15) is 0 Å². The lowest BCUT2D eigenvalue weighted by molar-refractivity contribution is 0.669. The summed E-state index contributed by atoms with van der Waals surface area (Å²) in [6.45, 7) is 0. The fourth-order valence-electron chi connectivity index (χ4n) is 8.80. The van der Waals surface area contributed by atoms with Crippen molar-refractivity contribution in [3.8, 4) is 33.4 Å². The minimum Gasteiger partial charge on any atom is -0.456 e. The van der Waals surface area contributed by atoms with Gasteiger partial charge in [0.1, 0.15) is 16.7 Å². The molecule has 3 aromatic heterocycles. The second-order valence-corrected chi connectivity index (χ2v) is 15.8. The molecule has 0 aliphatic carbocycles. The van der Waals surface area contributed by atoms with E-state index in [9.17, 15) is 0 Å². The second kappa shape index (κ2) is 13.1. The van der Waals surface area contributed by atoms with E-state index < -0.39 is 0 Å². The van der Waals surface area contributed by atoms with Crippen LogP contribution in [0.4, 0.5) is 17.1 Å². The Morgan fingerprint density at radius 3 is 1.74 bits per heavy atom. The SMILES string of the molecule is c1ccc(-c2cccc3c2oc2c(N(c4ccc(-c5ccc(-c6cccc7oc8ccccc8c67)cc5)cc4)c4cccc5c4sc4ccccc45)cccc23)cc1. The first kappa shape index (κ1) is 32.8. The van der Waals surface area contributed by atoms with Crippen molar-refractivity contribution >= 4 is 92.4 Å². The fourth-order valence-corrected chi connectivity index (χ4v) is 10.0. The molecular weight excluding hydrogens is 727 g/mol. The molecule has 0 bridgehead atoms. The highest BCUT2D eigenvalue weighted by molar-refractivity contribution is 7.26. The zero-order valence-electron chi connectivity index (χ0n) is 31.2. The molecule has 9 aromatic carbocycles. The van der Waals surface area contributed by atoms with Gasteiger partial charge in [0.05, 0.1) is 16.1 Å². The molecule has 0 aliphatic rings. The monoisotopic (exact) mass is 759 g/mol. The lowest BCUT2D eigenvalue weighted by Gasteiger charge is -2.26. The molecule has 12 aromatic rings. The maximum absolute atomic E-state index is 7.01. The van der Waals surface area contributed by atoms with Crippen molar-refractivity contribution in [2.24, 2.45) is 0 Å². The van der Waals surface area contributed by atoms with Gasteiger partial charge in [0.25, 0.3) is 0 Å². The highest BCUT2D eigenvalue weighted by Crippen LogP contribution is 2.48. The van der Waals surface area contributed by atoms with Gasteiger partial charge in [0.15, 0.2) is 5.58 Å². The van der Waals surface area contributed by atoms with Crippen LogP contribution in [0.3, 0.4) is 0 Å². The first-order valence-corrected chi connectivity index (χ1v) is 20.4. The second-order valence-electron chi connectivity index (χ2n) is 14.8. The first-order chi connectivity index (χ1) is 28.8. The molecule has 0 saturated carbocycles. The summed E-state index contributed by atoms with van der Waals surface area (Å²) in [6.07, 6.45) is 0. The topological polar surface area (TPSA) is 29.5 Å². The minimum absolute atomic E-state index is 0.860. The summed E-state index contributed by atoms with van der Waals surface area (Å²) < 4.78 is 15.7. The fraction of sp³-hybridized carbons (Fsp3) is 0. The summed E-state index contributed by atoms with van der Waals surface area (Å²) in [6, 6.07) is 71.3. The van der Waals surface area contributed by atoms with Gasteiger partial charge in [-0.3, -0.25) is 0 Å². The number of thiophene rings is 1. The molecule has 12 rings (SSSR count). The van der Waals surface area contributed by atoms with Crippen LogP contribution in [0.2, 0.25) is 0 Å². The molecule has 0 saturated heterocycles. The quantitative estimate of drug-likeness (QED) is 0.169. The van der Waals surface area contributed by atoms with Crippen LogP contribution in [0.15, 0.2) is 209 Å². The summed E-state index contributed by atoms with van der Waals surface area (Å²) in [5.74, 6) is 0. The van der Waals surface area contributed by atoms with Crippen molar-refractivity contribution in [2.75, 3.05) is 4.90 Å². The van der Waals surface area contributed by atoms with E-state index in [4.69, 9.17) is 8.83 Å². The minimum atomic E-state index is 0.860. The number of hydrogen-bond donors (Lipinski definition) is 0. The standard InChI is InChI=1S/C54H33NO2S/c1-2-12-36(13-3-1)40-17-8-18-42-43-19-9-21-46(53(43)57-52(40)42)55(47-22-10-20-44-41-14-5-7-25-50(41)58-54(44)47)38-32-30-35(31-33-38)34-26-28-37(29-27-34)39-16-11-24-49-51(39)45-15-4-6-23-48(45)56-49/h1-33H. The Kier molecular flexibility index (Phi) is 7.40. The van der Waals surface area contributed by atoms with Gasteiger partial charge >= 0.3 is 0 Å². The lowest BCUT2D eigenvalue weighted by Crippen LogP contribution is -2.10. The molecule has 0 aliphatic heterocycles. The molecule has 0 atom stereocenters. The van der Waals surface area contributed by atoms with E-state index >= 15 is 0 Å². The van der Waals surface area contributed by atoms with Crippen molar-refractivity contribution < 1.29 is 8.83 Å². The van der Waals surface area contributed by atoms with Gasteiger partial charge in [-0.05, 0) is 70.3 Å². The molecule has 58 heavy (non-hydrogen) atoms. The van der Waals surface area contributed by atoms with Gasteiger partial charge in [-0.25, -0.2) is 0 Å². The van der Waals surface area contributed by atoms with Crippen LogP contribution in [0, 0.1) is 0 Å². The third-order valence-corrected chi connectivity index (χ3v) is 12.7. The normalized spacial score (nSPS) is 11.8. The number of rotatable bonds is 6. The Hall–Kier alpha value is -7.40. The molecule has 0 radical (unpaired) electrons. The number of furan rings is 2. The Morgan fingerprint density at radius 1 is 0.345 bits per heavy atom. The molecule has 3 heterocycles. The first-order valence-electron chi connectivity index (χ1n) is 19.6. The molecule has 4 heteroatoms. The highest BCUT2D eigenvalue weighted by Gasteiger charge is 2.23. The molecule has 3 nitrogen and oxygen atoms in total. The zero-order chi connectivity index (χ0) is 38.2. The average molecular weight is 760 g/mol. The molecule has 0 fully saturated rings. The van der Waals surface area contributed by atoms with Gasteiger partial charge in [0.2, 0.25) is 0 Å². The number of nitrogens with zero attached hydrogens (tertiary/aromatic N) is 1. The highest BCUT2D eigenvalue weighted by atomic mass is 32.1. The van der Waals surface area contributed by atoms with Crippen LogP contribution >= 0.6 is 11.3 Å². The zero-order valence-corrected chi connectivity index (χ0v) is 32.0. The number of benzene rings is 9. The third kappa shape index (κ3) is 5.12. The smallest absolute Gasteiger partial charge is 0.159 e. The van der Waals surface area contributed by atoms with Crippen LogP contribution in [0.25, 0.3) is 97.4 Å². The van der Waals surface area contributed by atoms with Crippen molar-refractivity contribution in [1.29, 1.82) is 0 Å². The van der Waals surface area contributed by atoms with Crippen molar-refractivity contribution in [3.63, 3.8) is 0 Å². The van der Waals surface area contributed by atoms with Crippen LogP contribution in [-0.2, 0) is 0 Å². The van der Waals surface area contributed by atoms with E-state index in [0.29, 0.717) is 0 Å². The van der Waals surface area contributed by atoms with Crippen LogP contribution in [0.5, 0.6) is 0 Å². The maximum Gasteiger partial charge on any atom is 0.159 e. The van der Waals surface area contributed by atoms with E-state index in [1.807, 2.05) is 23.5 Å². The van der Waals surface area contributed by atoms with E-state index in [2.05, 4.69) is 193 Å². The lowest BCUT2D eigenvalue weighted by atomic mass is 9.97. The van der Waals surface area contributed by atoms with Crippen LogP contribution < -0.4 is 4.90 Å². The van der Waals surface area contributed by atoms with Gasteiger partial charge in [-0.15, -0.1) is 11.3 Å². The molecular formula is C54H33NO2S. The summed E-state index contributed by atoms with van der Waals surface area (Å²) in [4.78, 5) is 2.38. The molecule has 0 unspecified atom stereocenters. The van der Waals surface area contributed by atoms with Crippen LogP contribution in [-0.4, -0.2) is 0 Å². The van der Waals surface area contributed by atoms with Gasteiger partial charge < -0.3 is 13.7 Å². The van der Waals surface area contributed by atoms with E-state index in [1.165, 1.54) is 25.7 Å². The van der Waals surface area contributed by atoms with E-state index in [0.717, 1.165) is 88.8 Å². The Bertz CT molecular complexity index is 3500. The molecule has 0 spiro atoms. The number of fused-ring (bicyclic) bond motifs is 9. The molecule has 0 amide bonds. The van der Waals surface area contributed by atoms with Crippen molar-refractivity contribution in [1.82, 2.24) is 0 Å². The van der Waals surface area contributed by atoms with Crippen molar-refractivity contribution in [2.45, 2.75) is 0 Å². The van der Waals surface area contributed by atoms with Gasteiger partial charge in [-0.1, -0.05) is 158 Å². The summed E-state index contributed by atoms with van der Waals surface area (Å²) >= 11 is 1.84. The Balaban J connectivity index is 0.997. The third-order valence-electron chi connectivity index (χ3n) is 11.5. The largest absolute Gasteiger partial charge is 0.456 e. The average Bonchev–Trinajstić information content (AvgIpc) is 3.99. The molecule has 0 N–H and O–H groups in total. The van der Waals surface area contributed by atoms with E-state index in [-0.39, 0.29) is 0 Å². The number of anilines is 3. The predicted octanol–water partition coefficient (Wildman–Crippen LogP) is 16.3. The Labute approximate surface area is 338 Å². The Morgan fingerprint density at radius 2 is 0.914 bits per heavy atom. The van der Waals surface area contributed by atoms with E-state index in [1.54, 1.807) is 0 Å².